The smallest absolute Gasteiger partial charge is 0.143 e. The molecule has 2 heterocycles. The topological polar surface area (TPSA) is 37.4 Å². The predicted octanol–water partition coefficient (Wildman–Crippen LogP) is 1.66. The molecule has 1 aromatic heterocycles. The molecule has 0 bridgehead atoms. The van der Waals surface area contributed by atoms with Gasteiger partial charge in [0.05, 0.1) is 23.7 Å². The fourth-order valence-corrected chi connectivity index (χ4v) is 2.49. The maximum atomic E-state index is 5.55. The molecule has 1 aliphatic heterocycles. The molecule has 94 valence electrons. The van der Waals surface area contributed by atoms with E-state index in [4.69, 9.17) is 4.74 Å². The van der Waals surface area contributed by atoms with Crippen LogP contribution in [-0.4, -0.2) is 43.9 Å². The van der Waals surface area contributed by atoms with Crippen molar-refractivity contribution in [3.8, 4) is 0 Å². The van der Waals surface area contributed by atoms with Crippen LogP contribution in [0.25, 0.3) is 0 Å². The number of anilines is 1. The van der Waals surface area contributed by atoms with E-state index < -0.39 is 0 Å². The summed E-state index contributed by atoms with van der Waals surface area (Å²) >= 11 is 3.56. The van der Waals surface area contributed by atoms with Crippen molar-refractivity contribution in [1.82, 2.24) is 10.3 Å². The van der Waals surface area contributed by atoms with E-state index in [0.717, 1.165) is 43.1 Å². The Kier molecular flexibility index (Phi) is 4.76. The summed E-state index contributed by atoms with van der Waals surface area (Å²) in [6.07, 6.45) is 1.83. The summed E-state index contributed by atoms with van der Waals surface area (Å²) < 4.78 is 6.59. The van der Waals surface area contributed by atoms with Crippen LogP contribution in [0.3, 0.4) is 0 Å². The minimum atomic E-state index is 0.356. The van der Waals surface area contributed by atoms with E-state index in [1.54, 1.807) is 0 Å². The van der Waals surface area contributed by atoms with Crippen molar-refractivity contribution in [2.24, 2.45) is 0 Å². The zero-order chi connectivity index (χ0) is 12.1. The average Bonchev–Trinajstić information content (AvgIpc) is 2.37. The van der Waals surface area contributed by atoms with E-state index in [0.29, 0.717) is 6.04 Å². The van der Waals surface area contributed by atoms with Gasteiger partial charge in [0.1, 0.15) is 5.82 Å². The lowest BCUT2D eigenvalue weighted by Crippen LogP contribution is -2.51. The Hall–Kier alpha value is -0.650. The summed E-state index contributed by atoms with van der Waals surface area (Å²) in [4.78, 5) is 6.77. The number of hydrogen-bond donors (Lipinski definition) is 1. The molecule has 2 rings (SSSR count). The van der Waals surface area contributed by atoms with Crippen molar-refractivity contribution < 1.29 is 4.74 Å². The van der Waals surface area contributed by atoms with Gasteiger partial charge in [0.15, 0.2) is 0 Å². The fraction of sp³-hybridized carbons (Fsp3) is 0.583. The third-order valence-electron chi connectivity index (χ3n) is 2.87. The van der Waals surface area contributed by atoms with Crippen LogP contribution >= 0.6 is 15.9 Å². The van der Waals surface area contributed by atoms with Crippen molar-refractivity contribution in [3.63, 3.8) is 0 Å². The second kappa shape index (κ2) is 6.33. The van der Waals surface area contributed by atoms with Gasteiger partial charge in [-0.3, -0.25) is 0 Å². The zero-order valence-corrected chi connectivity index (χ0v) is 11.6. The van der Waals surface area contributed by atoms with Gasteiger partial charge in [-0.05, 0) is 34.6 Å². The van der Waals surface area contributed by atoms with Gasteiger partial charge in [-0.2, -0.15) is 0 Å². The van der Waals surface area contributed by atoms with Crippen LogP contribution < -0.4 is 10.2 Å². The lowest BCUT2D eigenvalue weighted by atomic mass is 10.2. The highest BCUT2D eigenvalue weighted by molar-refractivity contribution is 9.10. The quantitative estimate of drug-likeness (QED) is 0.917. The Morgan fingerprint density at radius 1 is 1.65 bits per heavy atom. The van der Waals surface area contributed by atoms with Crippen molar-refractivity contribution in [2.45, 2.75) is 13.0 Å². The molecule has 1 unspecified atom stereocenters. The number of pyridine rings is 1. The average molecular weight is 300 g/mol. The molecule has 1 fully saturated rings. The fourth-order valence-electron chi connectivity index (χ4n) is 2.00. The number of nitrogens with one attached hydrogen (secondary N) is 1. The van der Waals surface area contributed by atoms with Crippen LogP contribution in [0.1, 0.15) is 6.92 Å². The minimum absolute atomic E-state index is 0.356. The van der Waals surface area contributed by atoms with E-state index in [-0.39, 0.29) is 0 Å². The molecule has 0 saturated carbocycles. The van der Waals surface area contributed by atoms with Crippen LogP contribution in [-0.2, 0) is 4.74 Å². The molecule has 1 saturated heterocycles. The first-order valence-electron chi connectivity index (χ1n) is 5.98. The van der Waals surface area contributed by atoms with Crippen molar-refractivity contribution >= 4 is 21.7 Å². The highest BCUT2D eigenvalue weighted by atomic mass is 79.9. The van der Waals surface area contributed by atoms with Crippen LogP contribution in [0.2, 0.25) is 0 Å². The van der Waals surface area contributed by atoms with Crippen molar-refractivity contribution in [3.05, 3.63) is 22.8 Å². The van der Waals surface area contributed by atoms with Gasteiger partial charge < -0.3 is 15.0 Å². The molecule has 0 aliphatic carbocycles. The van der Waals surface area contributed by atoms with Crippen LogP contribution in [0.15, 0.2) is 22.8 Å². The zero-order valence-electron chi connectivity index (χ0n) is 10.0. The Bertz CT molecular complexity index is 361. The van der Waals surface area contributed by atoms with Gasteiger partial charge in [0, 0.05) is 19.3 Å². The number of nitrogens with zero attached hydrogens (tertiary/aromatic N) is 2. The van der Waals surface area contributed by atoms with Gasteiger partial charge in [0.25, 0.3) is 0 Å². The van der Waals surface area contributed by atoms with Crippen LogP contribution in [0.4, 0.5) is 5.82 Å². The van der Waals surface area contributed by atoms with Gasteiger partial charge in [-0.1, -0.05) is 6.92 Å². The highest BCUT2D eigenvalue weighted by Gasteiger charge is 2.24. The van der Waals surface area contributed by atoms with E-state index in [9.17, 15) is 0 Å². The largest absolute Gasteiger partial charge is 0.377 e. The molecular weight excluding hydrogens is 282 g/mol. The van der Waals surface area contributed by atoms with Crippen molar-refractivity contribution in [2.75, 3.05) is 37.7 Å². The first kappa shape index (κ1) is 12.8. The third-order valence-corrected chi connectivity index (χ3v) is 3.49. The molecule has 0 aromatic carbocycles. The third kappa shape index (κ3) is 3.18. The first-order chi connectivity index (χ1) is 8.33. The molecule has 1 N–H and O–H groups in total. The molecule has 0 spiro atoms. The summed E-state index contributed by atoms with van der Waals surface area (Å²) in [5.74, 6) is 1.01. The second-order valence-electron chi connectivity index (χ2n) is 4.04. The normalized spacial score (nSPS) is 20.6. The molecule has 1 atom stereocenters. The summed E-state index contributed by atoms with van der Waals surface area (Å²) in [6.45, 7) is 6.45. The van der Waals surface area contributed by atoms with Crippen LogP contribution in [0.5, 0.6) is 0 Å². The Morgan fingerprint density at radius 2 is 2.53 bits per heavy atom. The first-order valence-corrected chi connectivity index (χ1v) is 6.78. The summed E-state index contributed by atoms with van der Waals surface area (Å²) in [5, 5.41) is 3.37. The highest BCUT2D eigenvalue weighted by Crippen LogP contribution is 2.25. The van der Waals surface area contributed by atoms with Crippen LogP contribution in [0, 0.1) is 0 Å². The number of likely N-dealkylation sites (N-methyl/N-ethyl adjacent to an activating group) is 1. The van der Waals surface area contributed by atoms with E-state index in [1.165, 1.54) is 0 Å². The number of rotatable bonds is 4. The standard InChI is InChI=1S/C12H18BrN3O/c1-2-14-8-10-9-17-7-6-16(10)12-11(13)4-3-5-15-12/h3-5,10,14H,2,6-9H2,1H3. The van der Waals surface area contributed by atoms with Gasteiger partial charge in [0.2, 0.25) is 0 Å². The Balaban J connectivity index is 2.13. The second-order valence-corrected chi connectivity index (χ2v) is 4.89. The van der Waals surface area contributed by atoms with E-state index >= 15 is 0 Å². The molecule has 4 nitrogen and oxygen atoms in total. The lowest BCUT2D eigenvalue weighted by Gasteiger charge is -2.37. The molecular formula is C12H18BrN3O. The molecule has 17 heavy (non-hydrogen) atoms. The molecule has 5 heteroatoms. The van der Waals surface area contributed by atoms with Gasteiger partial charge >= 0.3 is 0 Å². The molecule has 1 aliphatic rings. The summed E-state index contributed by atoms with van der Waals surface area (Å²) in [5.41, 5.74) is 0. The number of hydrogen-bond acceptors (Lipinski definition) is 4. The SMILES string of the molecule is CCNCC1COCCN1c1ncccc1Br. The Morgan fingerprint density at radius 3 is 3.29 bits per heavy atom. The maximum absolute atomic E-state index is 5.55. The maximum Gasteiger partial charge on any atom is 0.143 e. The number of halogens is 1. The van der Waals surface area contributed by atoms with Gasteiger partial charge in [-0.15, -0.1) is 0 Å². The van der Waals surface area contributed by atoms with E-state index in [1.807, 2.05) is 18.3 Å². The molecule has 0 amide bonds. The Labute approximate surface area is 110 Å². The van der Waals surface area contributed by atoms with Gasteiger partial charge in [-0.25, -0.2) is 4.98 Å². The molecule has 0 radical (unpaired) electrons. The molecule has 1 aromatic rings. The number of aromatic nitrogens is 1. The number of morpholine rings is 1. The summed E-state index contributed by atoms with van der Waals surface area (Å²) in [7, 11) is 0. The monoisotopic (exact) mass is 299 g/mol. The minimum Gasteiger partial charge on any atom is -0.377 e. The number of ether oxygens (including phenoxy) is 1. The van der Waals surface area contributed by atoms with Crippen molar-refractivity contribution in [1.29, 1.82) is 0 Å². The lowest BCUT2D eigenvalue weighted by molar-refractivity contribution is 0.0934. The summed E-state index contributed by atoms with van der Waals surface area (Å²) in [6, 6.07) is 4.32. The van der Waals surface area contributed by atoms with E-state index in [2.05, 4.69) is 38.1 Å². The predicted molar refractivity (Wildman–Crippen MR) is 72.4 cm³/mol.